The van der Waals surface area contributed by atoms with E-state index in [0.717, 1.165) is 6.61 Å². The molecule has 2 N–H and O–H groups in total. The van der Waals surface area contributed by atoms with Gasteiger partial charge >= 0.3 is 0 Å². The highest BCUT2D eigenvalue weighted by Gasteiger charge is 2.21. The van der Waals surface area contributed by atoms with Crippen LogP contribution in [-0.4, -0.2) is 28.8 Å². The van der Waals surface area contributed by atoms with Gasteiger partial charge in [0.05, 0.1) is 18.6 Å². The van der Waals surface area contributed by atoms with Gasteiger partial charge in [-0.05, 0) is 0 Å². The van der Waals surface area contributed by atoms with Crippen LogP contribution >= 0.6 is 11.6 Å². The first-order chi connectivity index (χ1) is 7.60. The maximum Gasteiger partial charge on any atom is 0.189 e. The third-order valence-corrected chi connectivity index (χ3v) is 2.65. The van der Waals surface area contributed by atoms with E-state index in [9.17, 15) is 10.2 Å². The lowest BCUT2D eigenvalue weighted by molar-refractivity contribution is -0.171. The molecule has 4 heteroatoms. The summed E-state index contributed by atoms with van der Waals surface area (Å²) in [5, 5.41) is 18.7. The van der Waals surface area contributed by atoms with Crippen LogP contribution in [0.5, 0.6) is 0 Å². The normalized spacial score (nSPS) is 18.6. The summed E-state index contributed by atoms with van der Waals surface area (Å²) in [6.07, 6.45) is 0.702. The molecule has 1 atom stereocenters. The Morgan fingerprint density at radius 1 is 1.38 bits per heavy atom. The van der Waals surface area contributed by atoms with Crippen LogP contribution in [0, 0.1) is 0 Å². The summed E-state index contributed by atoms with van der Waals surface area (Å²) in [7, 11) is 0. The molecule has 0 aliphatic carbocycles. The van der Waals surface area contributed by atoms with E-state index >= 15 is 0 Å². The lowest BCUT2D eigenvalue weighted by Crippen LogP contribution is -2.23. The number of hydrogen-bond acceptors (Lipinski definition) is 3. The summed E-state index contributed by atoms with van der Waals surface area (Å²) in [4.78, 5) is 0. The standard InChI is InChI=1S/C9H12O2.C3H5ClO/c1-2-9(10,11)8-6-4-3-5-7-8;4-1-3-2-5-3/h3-7,10-11H,2H2,1H3;3H,1-2H2. The maximum absolute atomic E-state index is 9.35. The van der Waals surface area contributed by atoms with Gasteiger partial charge in [-0.15, -0.1) is 11.6 Å². The molecule has 90 valence electrons. The molecule has 1 fully saturated rings. The van der Waals surface area contributed by atoms with Crippen LogP contribution in [0.3, 0.4) is 0 Å². The number of benzene rings is 1. The third kappa shape index (κ3) is 4.49. The van der Waals surface area contributed by atoms with E-state index in [0.29, 0.717) is 24.0 Å². The zero-order chi connectivity index (χ0) is 12.0. The number of alkyl halides is 1. The molecule has 0 aromatic heterocycles. The molecule has 1 aliphatic rings. The molecule has 3 nitrogen and oxygen atoms in total. The van der Waals surface area contributed by atoms with Crippen molar-refractivity contribution in [1.82, 2.24) is 0 Å². The van der Waals surface area contributed by atoms with Gasteiger partial charge in [-0.1, -0.05) is 37.3 Å². The predicted molar refractivity (Wildman–Crippen MR) is 63.3 cm³/mol. The average molecular weight is 245 g/mol. The van der Waals surface area contributed by atoms with E-state index in [2.05, 4.69) is 0 Å². The van der Waals surface area contributed by atoms with Crippen molar-refractivity contribution in [2.45, 2.75) is 25.2 Å². The zero-order valence-electron chi connectivity index (χ0n) is 9.27. The summed E-state index contributed by atoms with van der Waals surface area (Å²) in [6, 6.07) is 8.81. The second-order valence-corrected chi connectivity index (χ2v) is 3.95. The highest BCUT2D eigenvalue weighted by molar-refractivity contribution is 6.18. The Hall–Kier alpha value is -0.610. The first kappa shape index (κ1) is 13.5. The van der Waals surface area contributed by atoms with Crippen molar-refractivity contribution < 1.29 is 14.9 Å². The molecule has 1 unspecified atom stereocenters. The molecule has 1 heterocycles. The van der Waals surface area contributed by atoms with Gasteiger partial charge in [0.15, 0.2) is 5.79 Å². The van der Waals surface area contributed by atoms with Gasteiger partial charge in [0.1, 0.15) is 0 Å². The maximum atomic E-state index is 9.35. The van der Waals surface area contributed by atoms with Gasteiger partial charge in [0.2, 0.25) is 0 Å². The molecule has 2 rings (SSSR count). The number of aliphatic hydroxyl groups is 2. The Bertz CT molecular complexity index is 296. The summed E-state index contributed by atoms with van der Waals surface area (Å²) >= 11 is 5.27. The van der Waals surface area contributed by atoms with Crippen molar-refractivity contribution in [1.29, 1.82) is 0 Å². The van der Waals surface area contributed by atoms with Crippen molar-refractivity contribution in [3.05, 3.63) is 35.9 Å². The first-order valence-corrected chi connectivity index (χ1v) is 5.81. The van der Waals surface area contributed by atoms with E-state index in [4.69, 9.17) is 16.3 Å². The fourth-order valence-corrected chi connectivity index (χ4v) is 1.24. The summed E-state index contributed by atoms with van der Waals surface area (Å²) in [5.74, 6) is -0.999. The van der Waals surface area contributed by atoms with Crippen LogP contribution in [-0.2, 0) is 10.5 Å². The van der Waals surface area contributed by atoms with E-state index in [1.165, 1.54) is 0 Å². The number of hydrogen-bond donors (Lipinski definition) is 2. The molecule has 1 aromatic rings. The minimum atomic E-state index is -1.67. The topological polar surface area (TPSA) is 53.0 Å². The Kier molecular flexibility index (Phi) is 5.22. The number of epoxide rings is 1. The molecule has 0 bridgehead atoms. The predicted octanol–water partition coefficient (Wildman–Crippen LogP) is 1.86. The van der Waals surface area contributed by atoms with Crippen LogP contribution in [0.1, 0.15) is 18.9 Å². The molecule has 1 aromatic carbocycles. The van der Waals surface area contributed by atoms with E-state index in [-0.39, 0.29) is 0 Å². The summed E-state index contributed by atoms with van der Waals surface area (Å²) < 4.78 is 4.73. The Morgan fingerprint density at radius 3 is 2.25 bits per heavy atom. The SMILES string of the molecule is CCC(O)(O)c1ccccc1.ClCC1CO1. The summed E-state index contributed by atoms with van der Waals surface area (Å²) in [6.45, 7) is 2.61. The molecule has 0 amide bonds. The van der Waals surface area contributed by atoms with Crippen LogP contribution < -0.4 is 0 Å². The molecular formula is C12H17ClO3. The van der Waals surface area contributed by atoms with Gasteiger partial charge in [-0.3, -0.25) is 0 Å². The molecule has 1 aliphatic heterocycles. The zero-order valence-corrected chi connectivity index (χ0v) is 10.0. The third-order valence-electron chi connectivity index (χ3n) is 2.30. The van der Waals surface area contributed by atoms with Crippen molar-refractivity contribution in [3.8, 4) is 0 Å². The number of halogens is 1. The largest absolute Gasteiger partial charge is 0.372 e. The van der Waals surface area contributed by atoms with Crippen LogP contribution in [0.15, 0.2) is 30.3 Å². The van der Waals surface area contributed by atoms with E-state index in [1.54, 1.807) is 31.2 Å². The first-order valence-electron chi connectivity index (χ1n) is 5.28. The molecule has 0 spiro atoms. The highest BCUT2D eigenvalue weighted by Crippen LogP contribution is 2.20. The Morgan fingerprint density at radius 2 is 1.94 bits per heavy atom. The fourth-order valence-electron chi connectivity index (χ4n) is 1.07. The van der Waals surface area contributed by atoms with Crippen LogP contribution in [0.4, 0.5) is 0 Å². The Balaban J connectivity index is 0.000000212. The lowest BCUT2D eigenvalue weighted by Gasteiger charge is -2.19. The lowest BCUT2D eigenvalue weighted by atomic mass is 10.0. The van der Waals surface area contributed by atoms with Crippen LogP contribution in [0.25, 0.3) is 0 Å². The van der Waals surface area contributed by atoms with Gasteiger partial charge in [-0.25, -0.2) is 0 Å². The second-order valence-electron chi connectivity index (χ2n) is 3.65. The van der Waals surface area contributed by atoms with Crippen molar-refractivity contribution >= 4 is 11.6 Å². The quantitative estimate of drug-likeness (QED) is 0.485. The van der Waals surface area contributed by atoms with Gasteiger partial charge in [0.25, 0.3) is 0 Å². The molecule has 0 radical (unpaired) electrons. The van der Waals surface area contributed by atoms with Crippen molar-refractivity contribution in [2.75, 3.05) is 12.5 Å². The molecular weight excluding hydrogens is 228 g/mol. The Labute approximate surface area is 101 Å². The van der Waals surface area contributed by atoms with Crippen LogP contribution in [0.2, 0.25) is 0 Å². The van der Waals surface area contributed by atoms with E-state index < -0.39 is 5.79 Å². The molecule has 0 saturated carbocycles. The van der Waals surface area contributed by atoms with Gasteiger partial charge in [0, 0.05) is 12.0 Å². The smallest absolute Gasteiger partial charge is 0.189 e. The number of ether oxygens (including phenoxy) is 1. The number of rotatable bonds is 3. The molecule has 1 saturated heterocycles. The van der Waals surface area contributed by atoms with Gasteiger partial charge in [-0.2, -0.15) is 0 Å². The van der Waals surface area contributed by atoms with Gasteiger partial charge < -0.3 is 14.9 Å². The minimum absolute atomic E-state index is 0.303. The monoisotopic (exact) mass is 244 g/mol. The average Bonchev–Trinajstić information content (AvgIpc) is 3.15. The second kappa shape index (κ2) is 6.21. The summed E-state index contributed by atoms with van der Waals surface area (Å²) in [5.41, 5.74) is 0.544. The fraction of sp³-hybridized carbons (Fsp3) is 0.500. The molecule has 16 heavy (non-hydrogen) atoms. The van der Waals surface area contributed by atoms with Crippen molar-refractivity contribution in [2.24, 2.45) is 0 Å². The van der Waals surface area contributed by atoms with Crippen molar-refractivity contribution in [3.63, 3.8) is 0 Å². The highest BCUT2D eigenvalue weighted by atomic mass is 35.5. The van der Waals surface area contributed by atoms with E-state index in [1.807, 2.05) is 6.07 Å². The minimum Gasteiger partial charge on any atom is -0.372 e.